The molecule has 2 heterocycles. The van der Waals surface area contributed by atoms with Crippen molar-refractivity contribution in [2.24, 2.45) is 11.8 Å². The fourth-order valence-electron chi connectivity index (χ4n) is 5.48. The van der Waals surface area contributed by atoms with Gasteiger partial charge in [0.2, 0.25) is 0 Å². The summed E-state index contributed by atoms with van der Waals surface area (Å²) in [5, 5.41) is 12.1. The molecule has 3 aromatic carbocycles. The third-order valence-electron chi connectivity index (χ3n) is 7.76. The molecule has 0 aliphatic carbocycles. The van der Waals surface area contributed by atoms with Crippen LogP contribution in [0.15, 0.2) is 72.6 Å². The number of carbonyl (C=O) groups excluding carboxylic acids is 1. The first-order chi connectivity index (χ1) is 19.3. The van der Waals surface area contributed by atoms with Crippen LogP contribution in [0.5, 0.6) is 11.5 Å². The number of pyridine rings is 1. The zero-order chi connectivity index (χ0) is 28.8. The molecule has 4 nitrogen and oxygen atoms in total. The quantitative estimate of drug-likeness (QED) is 0.0983. The van der Waals surface area contributed by atoms with Gasteiger partial charge in [-0.05, 0) is 48.8 Å². The smallest absolute Gasteiger partial charge is 0.162 e. The summed E-state index contributed by atoms with van der Waals surface area (Å²) in [4.78, 5) is 16.3. The third-order valence-corrected chi connectivity index (χ3v) is 7.76. The molecule has 1 aliphatic heterocycles. The van der Waals surface area contributed by atoms with Crippen molar-refractivity contribution in [3.8, 4) is 33.9 Å². The summed E-state index contributed by atoms with van der Waals surface area (Å²) < 4.78 is 6.33. The van der Waals surface area contributed by atoms with Crippen LogP contribution in [0.4, 0.5) is 0 Å². The molecule has 0 saturated heterocycles. The number of ether oxygens (including phenoxy) is 1. The Morgan fingerprint density at radius 2 is 1.59 bits per heavy atom. The SMILES string of the molecule is CCC(CC)C(=O)/C=C(\O)C(CC)CC.Cc1[c-]c(-c2nccc3c2Oc2cccc4cccc-3c24)cc(C)c1.[Ir]. The molecule has 1 radical (unpaired) electrons. The Hall–Kier alpha value is -3.27. The number of carbonyl (C=O) groups is 1. The molecule has 0 saturated carbocycles. The van der Waals surface area contributed by atoms with Gasteiger partial charge in [0.25, 0.3) is 0 Å². The number of hydrogen-bond donors (Lipinski definition) is 1. The number of aliphatic hydroxyl groups excluding tert-OH is 1. The van der Waals surface area contributed by atoms with Gasteiger partial charge in [-0.2, -0.15) is 0 Å². The molecule has 0 spiro atoms. The fourth-order valence-corrected chi connectivity index (χ4v) is 5.48. The van der Waals surface area contributed by atoms with Crippen molar-refractivity contribution in [1.29, 1.82) is 0 Å². The maximum atomic E-state index is 11.7. The summed E-state index contributed by atoms with van der Waals surface area (Å²) in [6, 6.07) is 22.2. The second kappa shape index (κ2) is 14.6. The van der Waals surface area contributed by atoms with E-state index < -0.39 is 0 Å². The monoisotopic (exact) mass is 727 g/mol. The number of benzene rings is 3. The Morgan fingerprint density at radius 3 is 2.22 bits per heavy atom. The summed E-state index contributed by atoms with van der Waals surface area (Å²) in [6.45, 7) is 12.2. The minimum atomic E-state index is 0. The maximum Gasteiger partial charge on any atom is 0.162 e. The van der Waals surface area contributed by atoms with E-state index in [2.05, 4.69) is 61.3 Å². The van der Waals surface area contributed by atoms with Crippen molar-refractivity contribution in [3.05, 3.63) is 89.8 Å². The summed E-state index contributed by atoms with van der Waals surface area (Å²) >= 11 is 0. The van der Waals surface area contributed by atoms with Gasteiger partial charge < -0.3 is 14.8 Å². The molecule has 0 amide bonds. The number of nitrogens with zero attached hydrogens (tertiary/aromatic N) is 1. The summed E-state index contributed by atoms with van der Waals surface area (Å²) in [7, 11) is 0. The predicted molar refractivity (Wildman–Crippen MR) is 165 cm³/mol. The van der Waals surface area contributed by atoms with Crippen LogP contribution in [0.3, 0.4) is 0 Å². The first-order valence-corrected chi connectivity index (χ1v) is 14.4. The Kier molecular flexibility index (Phi) is 11.5. The van der Waals surface area contributed by atoms with Gasteiger partial charge >= 0.3 is 0 Å². The van der Waals surface area contributed by atoms with Gasteiger partial charge in [-0.1, -0.05) is 71.9 Å². The van der Waals surface area contributed by atoms with Gasteiger partial charge in [0.1, 0.15) is 11.5 Å². The topological polar surface area (TPSA) is 59.4 Å². The Morgan fingerprint density at radius 1 is 0.927 bits per heavy atom. The molecule has 41 heavy (non-hydrogen) atoms. The van der Waals surface area contributed by atoms with E-state index in [1.807, 2.05) is 52.1 Å². The summed E-state index contributed by atoms with van der Waals surface area (Å²) in [6.07, 6.45) is 6.76. The number of ketones is 1. The largest absolute Gasteiger partial charge is 0.512 e. The molecule has 5 heteroatoms. The average molecular weight is 727 g/mol. The molecule has 0 fully saturated rings. The number of hydrogen-bond acceptors (Lipinski definition) is 4. The second-order valence-corrected chi connectivity index (χ2v) is 10.6. The number of allylic oxidation sites excluding steroid dienone is 2. The normalized spacial score (nSPS) is 11.9. The van der Waals surface area contributed by atoms with Crippen molar-refractivity contribution >= 4 is 16.6 Å². The van der Waals surface area contributed by atoms with Gasteiger partial charge in [-0.3, -0.25) is 4.79 Å². The molecular weight excluding hydrogens is 687 g/mol. The number of aromatic nitrogens is 1. The van der Waals surface area contributed by atoms with E-state index in [0.717, 1.165) is 59.6 Å². The molecular formula is C36H40IrNO3-. The van der Waals surface area contributed by atoms with Crippen molar-refractivity contribution in [3.63, 3.8) is 0 Å². The number of aryl methyl sites for hydroxylation is 2. The Labute approximate surface area is 258 Å². The first-order valence-electron chi connectivity index (χ1n) is 14.4. The van der Waals surface area contributed by atoms with Crippen LogP contribution in [0.1, 0.15) is 64.5 Å². The van der Waals surface area contributed by atoms with Gasteiger partial charge in [0, 0.05) is 60.9 Å². The molecule has 1 aromatic heterocycles. The van der Waals surface area contributed by atoms with Crippen LogP contribution >= 0.6 is 0 Å². The minimum Gasteiger partial charge on any atom is -0.512 e. The van der Waals surface area contributed by atoms with E-state index >= 15 is 0 Å². The molecule has 0 unspecified atom stereocenters. The maximum absolute atomic E-state index is 11.7. The molecule has 0 bridgehead atoms. The standard InChI is InChI=1S/C23H16NO.C13H24O2.Ir/c1-14-11-15(2)13-17(12-14)22-23-19(9-10-24-22)18-7-3-5-16-6-4-8-20(25-23)21(16)18;1-5-10(6-2)12(14)9-13(15)11(7-3)8-4;/h3-12H,1-2H3;9-11,14H,5-8H2,1-4H3;/q-1;;/b;12-9-;. The van der Waals surface area contributed by atoms with Crippen molar-refractivity contribution < 1.29 is 34.7 Å². The Balaban J connectivity index is 0.000000253. The minimum absolute atomic E-state index is 0. The summed E-state index contributed by atoms with van der Waals surface area (Å²) in [5.41, 5.74) is 6.40. The Bertz CT molecular complexity index is 1510. The van der Waals surface area contributed by atoms with Crippen LogP contribution in [-0.2, 0) is 24.9 Å². The predicted octanol–water partition coefficient (Wildman–Crippen LogP) is 9.96. The van der Waals surface area contributed by atoms with Gasteiger partial charge in [0.05, 0.1) is 5.76 Å². The molecule has 217 valence electrons. The number of fused-ring (bicyclic) bond motifs is 2. The van der Waals surface area contributed by atoms with Gasteiger partial charge in [-0.15, -0.1) is 34.9 Å². The van der Waals surface area contributed by atoms with E-state index in [1.54, 1.807) is 0 Å². The van der Waals surface area contributed by atoms with Crippen LogP contribution in [-0.4, -0.2) is 15.9 Å². The average Bonchev–Trinajstić information content (AvgIpc) is 2.94. The zero-order valence-corrected chi connectivity index (χ0v) is 27.3. The van der Waals surface area contributed by atoms with Crippen molar-refractivity contribution in [1.82, 2.24) is 4.98 Å². The van der Waals surface area contributed by atoms with Crippen LogP contribution in [0, 0.1) is 31.7 Å². The van der Waals surface area contributed by atoms with Crippen molar-refractivity contribution in [2.45, 2.75) is 67.2 Å². The van der Waals surface area contributed by atoms with E-state index in [4.69, 9.17) is 4.74 Å². The second-order valence-electron chi connectivity index (χ2n) is 10.6. The van der Waals surface area contributed by atoms with E-state index in [1.165, 1.54) is 28.0 Å². The van der Waals surface area contributed by atoms with Crippen molar-refractivity contribution in [2.75, 3.05) is 0 Å². The number of aliphatic hydroxyl groups is 1. The van der Waals surface area contributed by atoms with Crippen LogP contribution in [0.25, 0.3) is 33.2 Å². The molecule has 1 N–H and O–H groups in total. The van der Waals surface area contributed by atoms with E-state index in [0.29, 0.717) is 0 Å². The fraction of sp³-hybridized carbons (Fsp3) is 0.333. The van der Waals surface area contributed by atoms with E-state index in [9.17, 15) is 9.90 Å². The molecule has 1 aliphatic rings. The van der Waals surface area contributed by atoms with Crippen LogP contribution < -0.4 is 4.74 Å². The van der Waals surface area contributed by atoms with Crippen LogP contribution in [0.2, 0.25) is 0 Å². The van der Waals surface area contributed by atoms with E-state index in [-0.39, 0.29) is 43.5 Å². The van der Waals surface area contributed by atoms with Gasteiger partial charge in [-0.25, -0.2) is 0 Å². The summed E-state index contributed by atoms with van der Waals surface area (Å²) in [5.74, 6) is 2.25. The number of rotatable bonds is 8. The first kappa shape index (κ1) is 32.2. The van der Waals surface area contributed by atoms with Gasteiger partial charge in [0.15, 0.2) is 5.78 Å². The third kappa shape index (κ3) is 7.15. The molecule has 0 atom stereocenters. The molecule has 5 rings (SSSR count). The zero-order valence-electron chi connectivity index (χ0n) is 24.9. The molecule has 4 aromatic rings.